The Morgan fingerprint density at radius 2 is 2.06 bits per heavy atom. The van der Waals surface area contributed by atoms with Crippen LogP contribution in [0.25, 0.3) is 0 Å². The van der Waals surface area contributed by atoms with Gasteiger partial charge in [-0.05, 0) is 33.6 Å². The highest BCUT2D eigenvalue weighted by atomic mass is 16.5. The van der Waals surface area contributed by atoms with Crippen LogP contribution >= 0.6 is 0 Å². The van der Waals surface area contributed by atoms with Crippen LogP contribution in [0.1, 0.15) is 40.0 Å². The first-order valence-electron chi connectivity index (χ1n) is 5.89. The standard InChI is InChI=1S/C12H20O4/c1-4-15-9(13)11(5-6-11)12(14)7-10(2,3)16-8-12/h14H,4-8H2,1-3H3. The van der Waals surface area contributed by atoms with Gasteiger partial charge < -0.3 is 14.6 Å². The van der Waals surface area contributed by atoms with E-state index in [0.717, 1.165) is 0 Å². The van der Waals surface area contributed by atoms with Gasteiger partial charge in [0, 0.05) is 6.42 Å². The molecule has 1 unspecified atom stereocenters. The summed E-state index contributed by atoms with van der Waals surface area (Å²) in [4.78, 5) is 11.9. The van der Waals surface area contributed by atoms with Gasteiger partial charge in [-0.25, -0.2) is 0 Å². The molecule has 2 fully saturated rings. The summed E-state index contributed by atoms with van der Waals surface area (Å²) in [5.74, 6) is -0.265. The van der Waals surface area contributed by atoms with Crippen LogP contribution in [0, 0.1) is 5.41 Å². The molecule has 1 heterocycles. The van der Waals surface area contributed by atoms with Gasteiger partial charge in [0.15, 0.2) is 0 Å². The third-order valence-electron chi connectivity index (χ3n) is 3.73. The Bertz CT molecular complexity index is 306. The Hall–Kier alpha value is -0.610. The van der Waals surface area contributed by atoms with Crippen LogP contribution in [0.4, 0.5) is 0 Å². The lowest BCUT2D eigenvalue weighted by Gasteiger charge is -2.30. The maximum Gasteiger partial charge on any atom is 0.315 e. The van der Waals surface area contributed by atoms with Crippen LogP contribution in [0.5, 0.6) is 0 Å². The first kappa shape index (κ1) is 11.9. The largest absolute Gasteiger partial charge is 0.465 e. The Kier molecular flexibility index (Phi) is 2.55. The molecule has 1 atom stereocenters. The highest BCUT2D eigenvalue weighted by Gasteiger charge is 2.68. The second kappa shape index (κ2) is 3.44. The van der Waals surface area contributed by atoms with E-state index in [1.165, 1.54) is 0 Å². The summed E-state index contributed by atoms with van der Waals surface area (Å²) in [5, 5.41) is 10.6. The average Bonchev–Trinajstić information content (AvgIpc) is 2.91. The van der Waals surface area contributed by atoms with Gasteiger partial charge in [-0.15, -0.1) is 0 Å². The van der Waals surface area contributed by atoms with Crippen molar-refractivity contribution >= 4 is 5.97 Å². The van der Waals surface area contributed by atoms with E-state index in [1.54, 1.807) is 6.92 Å². The Labute approximate surface area is 95.9 Å². The molecule has 2 rings (SSSR count). The minimum absolute atomic E-state index is 0.235. The number of aliphatic hydroxyl groups is 1. The van der Waals surface area contributed by atoms with Crippen LogP contribution in [0.15, 0.2) is 0 Å². The van der Waals surface area contributed by atoms with Gasteiger partial charge in [-0.1, -0.05) is 0 Å². The minimum atomic E-state index is -1.04. The molecule has 4 heteroatoms. The van der Waals surface area contributed by atoms with Gasteiger partial charge in [0.1, 0.15) is 5.60 Å². The SMILES string of the molecule is CCOC(=O)C1(C2(O)COC(C)(C)C2)CC1. The quantitative estimate of drug-likeness (QED) is 0.739. The zero-order chi connectivity index (χ0) is 12.0. The van der Waals surface area contributed by atoms with E-state index in [9.17, 15) is 9.90 Å². The topological polar surface area (TPSA) is 55.8 Å². The van der Waals surface area contributed by atoms with E-state index in [0.29, 0.717) is 25.9 Å². The van der Waals surface area contributed by atoms with Crippen LogP contribution in [0.3, 0.4) is 0 Å². The van der Waals surface area contributed by atoms with E-state index in [-0.39, 0.29) is 18.2 Å². The van der Waals surface area contributed by atoms with Crippen molar-refractivity contribution in [2.45, 2.75) is 51.2 Å². The molecule has 16 heavy (non-hydrogen) atoms. The van der Waals surface area contributed by atoms with Crippen molar-refractivity contribution in [1.82, 2.24) is 0 Å². The maximum atomic E-state index is 11.9. The van der Waals surface area contributed by atoms with E-state index in [2.05, 4.69) is 0 Å². The zero-order valence-corrected chi connectivity index (χ0v) is 10.2. The molecule has 0 radical (unpaired) electrons. The molecule has 1 saturated heterocycles. The molecule has 0 aromatic carbocycles. The van der Waals surface area contributed by atoms with Crippen molar-refractivity contribution in [3.8, 4) is 0 Å². The summed E-state index contributed by atoms with van der Waals surface area (Å²) in [7, 11) is 0. The monoisotopic (exact) mass is 228 g/mol. The Morgan fingerprint density at radius 3 is 2.44 bits per heavy atom. The fraction of sp³-hybridized carbons (Fsp3) is 0.917. The first-order valence-corrected chi connectivity index (χ1v) is 5.89. The van der Waals surface area contributed by atoms with Gasteiger partial charge in [0.05, 0.1) is 24.2 Å². The number of carbonyl (C=O) groups is 1. The van der Waals surface area contributed by atoms with Crippen molar-refractivity contribution in [2.24, 2.45) is 5.41 Å². The van der Waals surface area contributed by atoms with Crippen molar-refractivity contribution in [2.75, 3.05) is 13.2 Å². The van der Waals surface area contributed by atoms with Crippen molar-refractivity contribution in [1.29, 1.82) is 0 Å². The predicted octanol–water partition coefficient (Wildman–Crippen LogP) is 1.26. The van der Waals surface area contributed by atoms with E-state index in [4.69, 9.17) is 9.47 Å². The van der Waals surface area contributed by atoms with Crippen molar-refractivity contribution in [3.05, 3.63) is 0 Å². The number of ether oxygens (including phenoxy) is 2. The van der Waals surface area contributed by atoms with Crippen LogP contribution in [-0.4, -0.2) is 35.5 Å². The average molecular weight is 228 g/mol. The van der Waals surface area contributed by atoms with Crippen LogP contribution in [-0.2, 0) is 14.3 Å². The summed E-state index contributed by atoms with van der Waals surface area (Å²) in [5.41, 5.74) is -2.09. The fourth-order valence-corrected chi connectivity index (χ4v) is 2.68. The van der Waals surface area contributed by atoms with Crippen LogP contribution in [0.2, 0.25) is 0 Å². The van der Waals surface area contributed by atoms with E-state index in [1.807, 2.05) is 13.8 Å². The number of hydrogen-bond donors (Lipinski definition) is 1. The van der Waals surface area contributed by atoms with Crippen LogP contribution < -0.4 is 0 Å². The van der Waals surface area contributed by atoms with Gasteiger partial charge in [-0.3, -0.25) is 4.79 Å². The minimum Gasteiger partial charge on any atom is -0.465 e. The fourth-order valence-electron chi connectivity index (χ4n) is 2.68. The second-order valence-corrected chi connectivity index (χ2v) is 5.56. The Morgan fingerprint density at radius 1 is 1.44 bits per heavy atom. The normalized spacial score (nSPS) is 34.8. The number of hydrogen-bond acceptors (Lipinski definition) is 4. The predicted molar refractivity (Wildman–Crippen MR) is 57.9 cm³/mol. The Balaban J connectivity index is 2.15. The second-order valence-electron chi connectivity index (χ2n) is 5.56. The number of rotatable bonds is 3. The van der Waals surface area contributed by atoms with E-state index >= 15 is 0 Å². The molecule has 1 N–H and O–H groups in total. The van der Waals surface area contributed by atoms with Gasteiger partial charge >= 0.3 is 5.97 Å². The van der Waals surface area contributed by atoms with Gasteiger partial charge in [-0.2, -0.15) is 0 Å². The molecule has 92 valence electrons. The lowest BCUT2D eigenvalue weighted by molar-refractivity contribution is -0.162. The molecule has 0 aromatic rings. The first-order chi connectivity index (χ1) is 7.35. The third kappa shape index (κ3) is 1.64. The molecule has 0 aromatic heterocycles. The molecule has 0 amide bonds. The summed E-state index contributed by atoms with van der Waals surface area (Å²) < 4.78 is 10.6. The number of carbonyl (C=O) groups excluding carboxylic acids is 1. The van der Waals surface area contributed by atoms with Gasteiger partial charge in [0.2, 0.25) is 0 Å². The molecular formula is C12H20O4. The van der Waals surface area contributed by atoms with Gasteiger partial charge in [0.25, 0.3) is 0 Å². The highest BCUT2D eigenvalue weighted by Crippen LogP contribution is 2.59. The lowest BCUT2D eigenvalue weighted by atomic mass is 9.79. The molecule has 1 aliphatic heterocycles. The molecule has 4 nitrogen and oxygen atoms in total. The molecule has 0 spiro atoms. The summed E-state index contributed by atoms with van der Waals surface area (Å²) in [6.07, 6.45) is 1.92. The summed E-state index contributed by atoms with van der Waals surface area (Å²) >= 11 is 0. The molecule has 2 aliphatic rings. The lowest BCUT2D eigenvalue weighted by Crippen LogP contribution is -2.46. The molecular weight excluding hydrogens is 208 g/mol. The number of esters is 1. The third-order valence-corrected chi connectivity index (χ3v) is 3.73. The smallest absolute Gasteiger partial charge is 0.315 e. The maximum absolute atomic E-state index is 11.9. The van der Waals surface area contributed by atoms with Crippen molar-refractivity contribution < 1.29 is 19.4 Å². The molecule has 0 bridgehead atoms. The highest BCUT2D eigenvalue weighted by molar-refractivity contribution is 5.81. The molecule has 1 saturated carbocycles. The molecule has 1 aliphatic carbocycles. The summed E-state index contributed by atoms with van der Waals surface area (Å²) in [6, 6.07) is 0. The summed E-state index contributed by atoms with van der Waals surface area (Å²) in [6.45, 7) is 6.26. The van der Waals surface area contributed by atoms with E-state index < -0.39 is 11.0 Å². The zero-order valence-electron chi connectivity index (χ0n) is 10.2. The van der Waals surface area contributed by atoms with Crippen molar-refractivity contribution in [3.63, 3.8) is 0 Å².